The highest BCUT2D eigenvalue weighted by atomic mass is 79.9. The number of nitrogens with zero attached hydrogens (tertiary/aromatic N) is 1. The Morgan fingerprint density at radius 3 is 3.00 bits per heavy atom. The van der Waals surface area contributed by atoms with Crippen LogP contribution in [-0.2, 0) is 10.5 Å². The molecule has 1 N–H and O–H groups in total. The lowest BCUT2D eigenvalue weighted by molar-refractivity contribution is -0.136. The molecule has 3 nitrogen and oxygen atoms in total. The Kier molecular flexibility index (Phi) is 4.97. The van der Waals surface area contributed by atoms with Crippen molar-refractivity contribution in [3.8, 4) is 0 Å². The molecule has 0 unspecified atom stereocenters. The summed E-state index contributed by atoms with van der Waals surface area (Å²) < 4.78 is 0.953. The summed E-state index contributed by atoms with van der Waals surface area (Å²) in [5.41, 5.74) is 1.11. The van der Waals surface area contributed by atoms with Crippen molar-refractivity contribution in [2.75, 3.05) is 5.75 Å². The lowest BCUT2D eigenvalue weighted by Gasteiger charge is -2.00. The van der Waals surface area contributed by atoms with Gasteiger partial charge in [-0.2, -0.15) is 11.8 Å². The Morgan fingerprint density at radius 2 is 2.36 bits per heavy atom. The molecule has 0 fully saturated rings. The van der Waals surface area contributed by atoms with Crippen LogP contribution < -0.4 is 0 Å². The van der Waals surface area contributed by atoms with E-state index in [2.05, 4.69) is 20.9 Å². The molecule has 0 saturated carbocycles. The quantitative estimate of drug-likeness (QED) is 0.840. The molecule has 0 amide bonds. The number of rotatable bonds is 5. The van der Waals surface area contributed by atoms with E-state index in [0.717, 1.165) is 15.8 Å². The molecule has 76 valence electrons. The molecular weight excluding hydrogens is 266 g/mol. The predicted octanol–water partition coefficient (Wildman–Crippen LogP) is 2.55. The summed E-state index contributed by atoms with van der Waals surface area (Å²) in [4.78, 5) is 14.3. The van der Waals surface area contributed by atoms with Gasteiger partial charge in [-0.3, -0.25) is 9.78 Å². The number of thioether (sulfide) groups is 1. The number of hydrogen-bond donors (Lipinski definition) is 1. The fourth-order valence-electron chi connectivity index (χ4n) is 0.884. The molecule has 1 rings (SSSR count). The fraction of sp³-hybridized carbons (Fsp3) is 0.333. The molecule has 5 heteroatoms. The number of aliphatic carboxylic acids is 1. The summed E-state index contributed by atoms with van der Waals surface area (Å²) >= 11 is 4.93. The smallest absolute Gasteiger partial charge is 0.304 e. The molecule has 0 atom stereocenters. The third kappa shape index (κ3) is 4.62. The molecule has 0 aromatic carbocycles. The highest BCUT2D eigenvalue weighted by Gasteiger charge is 1.98. The van der Waals surface area contributed by atoms with E-state index in [1.165, 1.54) is 0 Å². The molecule has 14 heavy (non-hydrogen) atoms. The van der Waals surface area contributed by atoms with E-state index in [-0.39, 0.29) is 6.42 Å². The number of pyridine rings is 1. The molecule has 1 aromatic rings. The van der Waals surface area contributed by atoms with Crippen molar-refractivity contribution in [3.63, 3.8) is 0 Å². The average molecular weight is 276 g/mol. The second-order valence-electron chi connectivity index (χ2n) is 2.71. The van der Waals surface area contributed by atoms with Gasteiger partial charge in [0, 0.05) is 28.4 Å². The van der Waals surface area contributed by atoms with Crippen molar-refractivity contribution >= 4 is 33.7 Å². The minimum absolute atomic E-state index is 0.214. The first-order chi connectivity index (χ1) is 6.68. The second kappa shape index (κ2) is 6.03. The summed E-state index contributed by atoms with van der Waals surface area (Å²) in [5.74, 6) is 0.701. The normalized spacial score (nSPS) is 10.1. The van der Waals surface area contributed by atoms with Gasteiger partial charge in [0.25, 0.3) is 0 Å². The zero-order valence-electron chi connectivity index (χ0n) is 7.44. The molecule has 0 bridgehead atoms. The van der Waals surface area contributed by atoms with E-state index in [4.69, 9.17) is 5.11 Å². The van der Waals surface area contributed by atoms with Gasteiger partial charge >= 0.3 is 5.97 Å². The Bertz CT molecular complexity index is 319. The van der Waals surface area contributed by atoms with Crippen LogP contribution in [0.5, 0.6) is 0 Å². The van der Waals surface area contributed by atoms with Crippen molar-refractivity contribution in [2.24, 2.45) is 0 Å². The van der Waals surface area contributed by atoms with Gasteiger partial charge in [0.2, 0.25) is 0 Å². The standard InChI is InChI=1S/C9H10BrNO2S/c10-8-3-7(4-11-5-8)6-14-2-1-9(12)13/h3-5H,1-2,6H2,(H,12,13). The van der Waals surface area contributed by atoms with Crippen LogP contribution in [-0.4, -0.2) is 21.8 Å². The minimum Gasteiger partial charge on any atom is -0.481 e. The molecule has 0 radical (unpaired) electrons. The van der Waals surface area contributed by atoms with Gasteiger partial charge in [-0.1, -0.05) is 0 Å². The van der Waals surface area contributed by atoms with Crippen LogP contribution in [0.3, 0.4) is 0 Å². The topological polar surface area (TPSA) is 50.2 Å². The van der Waals surface area contributed by atoms with E-state index in [0.29, 0.717) is 5.75 Å². The van der Waals surface area contributed by atoms with E-state index >= 15 is 0 Å². The van der Waals surface area contributed by atoms with Gasteiger partial charge < -0.3 is 5.11 Å². The van der Waals surface area contributed by atoms with Gasteiger partial charge in [-0.15, -0.1) is 0 Å². The van der Waals surface area contributed by atoms with Crippen LogP contribution in [0.2, 0.25) is 0 Å². The summed E-state index contributed by atoms with van der Waals surface area (Å²) in [6.45, 7) is 0. The molecule has 1 heterocycles. The third-order valence-corrected chi connectivity index (χ3v) is 2.95. The number of carboxylic acids is 1. The largest absolute Gasteiger partial charge is 0.481 e. The highest BCUT2D eigenvalue weighted by molar-refractivity contribution is 9.10. The Balaban J connectivity index is 2.28. The van der Waals surface area contributed by atoms with Crippen molar-refractivity contribution in [3.05, 3.63) is 28.5 Å². The summed E-state index contributed by atoms with van der Waals surface area (Å²) in [6.07, 6.45) is 3.73. The van der Waals surface area contributed by atoms with Crippen molar-refractivity contribution in [1.29, 1.82) is 0 Å². The highest BCUT2D eigenvalue weighted by Crippen LogP contribution is 2.15. The maximum absolute atomic E-state index is 10.2. The second-order valence-corrected chi connectivity index (χ2v) is 4.73. The number of aromatic nitrogens is 1. The Morgan fingerprint density at radius 1 is 1.57 bits per heavy atom. The molecular formula is C9H10BrNO2S. The predicted molar refractivity (Wildman–Crippen MR) is 60.4 cm³/mol. The number of hydrogen-bond acceptors (Lipinski definition) is 3. The van der Waals surface area contributed by atoms with E-state index in [9.17, 15) is 4.79 Å². The van der Waals surface area contributed by atoms with Crippen molar-refractivity contribution < 1.29 is 9.90 Å². The van der Waals surface area contributed by atoms with E-state index in [1.807, 2.05) is 6.07 Å². The lowest BCUT2D eigenvalue weighted by Crippen LogP contribution is -1.96. The van der Waals surface area contributed by atoms with E-state index in [1.54, 1.807) is 24.2 Å². The van der Waals surface area contributed by atoms with Crippen LogP contribution in [0, 0.1) is 0 Å². The first-order valence-electron chi connectivity index (χ1n) is 4.07. The minimum atomic E-state index is -0.745. The van der Waals surface area contributed by atoms with Crippen LogP contribution in [0.25, 0.3) is 0 Å². The molecule has 1 aromatic heterocycles. The molecule has 0 saturated heterocycles. The first kappa shape index (κ1) is 11.5. The van der Waals surface area contributed by atoms with Crippen molar-refractivity contribution in [1.82, 2.24) is 4.98 Å². The zero-order valence-corrected chi connectivity index (χ0v) is 9.84. The lowest BCUT2D eigenvalue weighted by atomic mass is 10.3. The van der Waals surface area contributed by atoms with Gasteiger partial charge in [0.1, 0.15) is 0 Å². The molecule has 0 spiro atoms. The summed E-state index contributed by atoms with van der Waals surface area (Å²) in [5, 5.41) is 8.42. The molecule has 0 aliphatic rings. The van der Waals surface area contributed by atoms with Gasteiger partial charge in [0.15, 0.2) is 0 Å². The van der Waals surface area contributed by atoms with E-state index < -0.39 is 5.97 Å². The number of halogens is 1. The number of carboxylic acid groups (broad SMARTS) is 1. The zero-order chi connectivity index (χ0) is 10.4. The van der Waals surface area contributed by atoms with Crippen LogP contribution in [0.1, 0.15) is 12.0 Å². The maximum atomic E-state index is 10.2. The Hall–Kier alpha value is -0.550. The maximum Gasteiger partial charge on any atom is 0.304 e. The van der Waals surface area contributed by atoms with Crippen LogP contribution >= 0.6 is 27.7 Å². The Labute approximate surface area is 95.1 Å². The summed E-state index contributed by atoms with van der Waals surface area (Å²) in [6, 6.07) is 1.99. The molecule has 0 aliphatic heterocycles. The average Bonchev–Trinajstić information content (AvgIpc) is 2.12. The monoisotopic (exact) mass is 275 g/mol. The third-order valence-electron chi connectivity index (χ3n) is 1.49. The number of carbonyl (C=O) groups is 1. The summed E-state index contributed by atoms with van der Waals surface area (Å²) in [7, 11) is 0. The SMILES string of the molecule is O=C(O)CCSCc1cncc(Br)c1. The fourth-order valence-corrected chi connectivity index (χ4v) is 2.15. The first-order valence-corrected chi connectivity index (χ1v) is 6.02. The van der Waals surface area contributed by atoms with Gasteiger partial charge in [0.05, 0.1) is 6.42 Å². The van der Waals surface area contributed by atoms with Crippen LogP contribution in [0.4, 0.5) is 0 Å². The molecule has 0 aliphatic carbocycles. The van der Waals surface area contributed by atoms with Gasteiger partial charge in [-0.05, 0) is 27.6 Å². The van der Waals surface area contributed by atoms with Gasteiger partial charge in [-0.25, -0.2) is 0 Å². The van der Waals surface area contributed by atoms with Crippen LogP contribution in [0.15, 0.2) is 22.9 Å². The van der Waals surface area contributed by atoms with Crippen molar-refractivity contribution in [2.45, 2.75) is 12.2 Å².